The zero-order valence-corrected chi connectivity index (χ0v) is 13.9. The summed E-state index contributed by atoms with van der Waals surface area (Å²) in [5, 5.41) is 11.5. The molecule has 128 valence electrons. The fourth-order valence-electron chi connectivity index (χ4n) is 2.36. The Morgan fingerprint density at radius 2 is 1.79 bits per heavy atom. The van der Waals surface area contributed by atoms with Crippen molar-refractivity contribution in [3.63, 3.8) is 0 Å². The van der Waals surface area contributed by atoms with E-state index in [2.05, 4.69) is 5.32 Å². The third-order valence-electron chi connectivity index (χ3n) is 3.93. The van der Waals surface area contributed by atoms with Crippen molar-refractivity contribution in [2.45, 2.75) is 39.2 Å². The van der Waals surface area contributed by atoms with Crippen LogP contribution in [-0.4, -0.2) is 45.8 Å². The second kappa shape index (κ2) is 6.43. The van der Waals surface area contributed by atoms with Crippen LogP contribution in [0.5, 0.6) is 0 Å². The van der Waals surface area contributed by atoms with Crippen LogP contribution in [0.3, 0.4) is 0 Å². The number of amides is 3. The van der Waals surface area contributed by atoms with Gasteiger partial charge in [0.25, 0.3) is 17.7 Å². The molecule has 1 aliphatic rings. The number of benzene rings is 1. The summed E-state index contributed by atoms with van der Waals surface area (Å²) in [6.07, 6.45) is 1.57. The summed E-state index contributed by atoms with van der Waals surface area (Å²) >= 11 is 0. The molecule has 0 unspecified atom stereocenters. The molecule has 0 fully saturated rings. The molecule has 1 aliphatic heterocycles. The minimum absolute atomic E-state index is 0.140. The Balaban J connectivity index is 2.26. The molecule has 0 saturated heterocycles. The molecule has 0 aliphatic carbocycles. The van der Waals surface area contributed by atoms with Crippen LogP contribution in [0, 0.1) is 0 Å². The van der Waals surface area contributed by atoms with E-state index in [1.54, 1.807) is 0 Å². The van der Waals surface area contributed by atoms with Gasteiger partial charge in [0.2, 0.25) is 0 Å². The van der Waals surface area contributed by atoms with E-state index < -0.39 is 23.3 Å². The van der Waals surface area contributed by atoms with Crippen LogP contribution >= 0.6 is 0 Å². The number of carboxylic acid groups (broad SMARTS) is 1. The van der Waals surface area contributed by atoms with Gasteiger partial charge in [0, 0.05) is 12.1 Å². The van der Waals surface area contributed by atoms with Gasteiger partial charge in [0.15, 0.2) is 0 Å². The van der Waals surface area contributed by atoms with Crippen molar-refractivity contribution in [2.24, 2.45) is 0 Å². The number of nitrogens with one attached hydrogen (secondary N) is 1. The maximum absolute atomic E-state index is 12.4. The van der Waals surface area contributed by atoms with E-state index in [-0.39, 0.29) is 22.6 Å². The van der Waals surface area contributed by atoms with Crippen molar-refractivity contribution in [2.75, 3.05) is 6.54 Å². The molecule has 7 nitrogen and oxygen atoms in total. The molecule has 0 atom stereocenters. The van der Waals surface area contributed by atoms with Crippen molar-refractivity contribution >= 4 is 23.7 Å². The largest absolute Gasteiger partial charge is 0.480 e. The van der Waals surface area contributed by atoms with E-state index in [0.29, 0.717) is 13.0 Å². The fraction of sp³-hybridized carbons (Fsp3) is 0.412. The molecule has 0 spiro atoms. The number of carbonyl (C=O) groups is 4. The average Bonchev–Trinajstić information content (AvgIpc) is 2.76. The van der Waals surface area contributed by atoms with Gasteiger partial charge in [-0.1, -0.05) is 13.3 Å². The minimum Gasteiger partial charge on any atom is -0.480 e. The monoisotopic (exact) mass is 332 g/mol. The number of nitrogens with zero attached hydrogens (tertiary/aromatic N) is 1. The van der Waals surface area contributed by atoms with Gasteiger partial charge in [0.1, 0.15) is 5.54 Å². The van der Waals surface area contributed by atoms with Crippen LogP contribution in [0.25, 0.3) is 0 Å². The summed E-state index contributed by atoms with van der Waals surface area (Å²) < 4.78 is 0. The van der Waals surface area contributed by atoms with Crippen LogP contribution < -0.4 is 5.32 Å². The normalized spacial score (nSPS) is 13.9. The number of imide groups is 1. The number of aliphatic carboxylic acids is 1. The summed E-state index contributed by atoms with van der Waals surface area (Å²) in [7, 11) is 0. The van der Waals surface area contributed by atoms with Gasteiger partial charge in [-0.3, -0.25) is 19.3 Å². The SMILES string of the molecule is CCCCN1C(=O)c2ccc(C(=O)NC(C)(C)C(=O)O)cc2C1=O. The smallest absolute Gasteiger partial charge is 0.328 e. The molecule has 1 aromatic rings. The lowest BCUT2D eigenvalue weighted by Gasteiger charge is -2.21. The lowest BCUT2D eigenvalue weighted by molar-refractivity contribution is -0.143. The zero-order valence-electron chi connectivity index (χ0n) is 13.9. The number of rotatable bonds is 6. The maximum atomic E-state index is 12.4. The molecule has 0 aromatic heterocycles. The average molecular weight is 332 g/mol. The highest BCUT2D eigenvalue weighted by Gasteiger charge is 2.36. The Morgan fingerprint density at radius 3 is 2.38 bits per heavy atom. The van der Waals surface area contributed by atoms with Crippen LogP contribution in [0.2, 0.25) is 0 Å². The summed E-state index contributed by atoms with van der Waals surface area (Å²) in [5.41, 5.74) is -0.855. The molecule has 0 saturated carbocycles. The zero-order chi connectivity index (χ0) is 18.1. The predicted molar refractivity (Wildman–Crippen MR) is 85.9 cm³/mol. The molecule has 0 bridgehead atoms. The van der Waals surface area contributed by atoms with E-state index >= 15 is 0 Å². The first-order chi connectivity index (χ1) is 11.2. The highest BCUT2D eigenvalue weighted by atomic mass is 16.4. The highest BCUT2D eigenvalue weighted by Crippen LogP contribution is 2.24. The lowest BCUT2D eigenvalue weighted by Crippen LogP contribution is -2.49. The van der Waals surface area contributed by atoms with E-state index in [9.17, 15) is 19.2 Å². The van der Waals surface area contributed by atoms with Crippen LogP contribution in [0.1, 0.15) is 64.7 Å². The van der Waals surface area contributed by atoms with E-state index in [1.807, 2.05) is 6.92 Å². The van der Waals surface area contributed by atoms with E-state index in [4.69, 9.17) is 5.11 Å². The summed E-state index contributed by atoms with van der Waals surface area (Å²) in [4.78, 5) is 49.1. The molecule has 1 heterocycles. The number of fused-ring (bicyclic) bond motifs is 1. The lowest BCUT2D eigenvalue weighted by atomic mass is 10.0. The summed E-state index contributed by atoms with van der Waals surface area (Å²) in [6, 6.07) is 4.19. The Labute approximate surface area is 139 Å². The van der Waals surface area contributed by atoms with Gasteiger partial charge in [-0.25, -0.2) is 4.79 Å². The first-order valence-corrected chi connectivity index (χ1v) is 7.75. The van der Waals surface area contributed by atoms with Gasteiger partial charge < -0.3 is 10.4 Å². The van der Waals surface area contributed by atoms with Crippen LogP contribution in [0.4, 0.5) is 0 Å². The highest BCUT2D eigenvalue weighted by molar-refractivity contribution is 6.22. The van der Waals surface area contributed by atoms with Gasteiger partial charge in [-0.2, -0.15) is 0 Å². The Hall–Kier alpha value is -2.70. The standard InChI is InChI=1S/C17H20N2O5/c1-4-5-8-19-14(21)11-7-6-10(9-12(11)15(19)22)13(20)18-17(2,3)16(23)24/h6-7,9H,4-5,8H2,1-3H3,(H,18,20)(H,23,24). The molecule has 24 heavy (non-hydrogen) atoms. The Morgan fingerprint density at radius 1 is 1.17 bits per heavy atom. The molecule has 0 radical (unpaired) electrons. The maximum Gasteiger partial charge on any atom is 0.328 e. The van der Waals surface area contributed by atoms with Crippen molar-refractivity contribution in [1.29, 1.82) is 0 Å². The molecule has 7 heteroatoms. The summed E-state index contributed by atoms with van der Waals surface area (Å²) in [6.45, 7) is 5.03. The van der Waals surface area contributed by atoms with Gasteiger partial charge in [-0.05, 0) is 38.5 Å². The van der Waals surface area contributed by atoms with Gasteiger partial charge in [0.05, 0.1) is 11.1 Å². The predicted octanol–water partition coefficient (Wildman–Crippen LogP) is 1.68. The first-order valence-electron chi connectivity index (χ1n) is 7.75. The number of unbranched alkanes of at least 4 members (excludes halogenated alkanes) is 1. The van der Waals surface area contributed by atoms with Gasteiger partial charge >= 0.3 is 5.97 Å². The fourth-order valence-corrected chi connectivity index (χ4v) is 2.36. The van der Waals surface area contributed by atoms with Crippen LogP contribution in [-0.2, 0) is 4.79 Å². The van der Waals surface area contributed by atoms with E-state index in [0.717, 1.165) is 6.42 Å². The van der Waals surface area contributed by atoms with Gasteiger partial charge in [-0.15, -0.1) is 0 Å². The van der Waals surface area contributed by atoms with Crippen molar-refractivity contribution in [3.8, 4) is 0 Å². The molecular weight excluding hydrogens is 312 g/mol. The Bertz CT molecular complexity index is 724. The molecule has 1 aromatic carbocycles. The van der Waals surface area contributed by atoms with Crippen molar-refractivity contribution < 1.29 is 24.3 Å². The number of hydrogen-bond acceptors (Lipinski definition) is 4. The molecule has 2 N–H and O–H groups in total. The molecule has 3 amide bonds. The summed E-state index contributed by atoms with van der Waals surface area (Å²) in [5.74, 6) is -2.57. The first kappa shape index (κ1) is 17.7. The molecular formula is C17H20N2O5. The van der Waals surface area contributed by atoms with Crippen LogP contribution in [0.15, 0.2) is 18.2 Å². The quantitative estimate of drug-likeness (QED) is 0.771. The second-order valence-corrected chi connectivity index (χ2v) is 6.26. The number of carbonyl (C=O) groups excluding carboxylic acids is 3. The molecule has 2 rings (SSSR count). The van der Waals surface area contributed by atoms with E-state index in [1.165, 1.54) is 36.9 Å². The minimum atomic E-state index is -1.44. The third-order valence-corrected chi connectivity index (χ3v) is 3.93. The van der Waals surface area contributed by atoms with Crippen molar-refractivity contribution in [1.82, 2.24) is 10.2 Å². The number of hydrogen-bond donors (Lipinski definition) is 2. The topological polar surface area (TPSA) is 104 Å². The third kappa shape index (κ3) is 3.15. The Kier molecular flexibility index (Phi) is 4.73. The van der Waals surface area contributed by atoms with Crippen molar-refractivity contribution in [3.05, 3.63) is 34.9 Å². The number of carboxylic acids is 1. The second-order valence-electron chi connectivity index (χ2n) is 6.26.